The van der Waals surface area contributed by atoms with E-state index in [-0.39, 0.29) is 0 Å². The number of nitrogens with zero attached hydrogens (tertiary/aromatic N) is 6. The molecule has 0 aliphatic carbocycles. The second-order valence-electron chi connectivity index (χ2n) is 11.2. The molecule has 0 radical (unpaired) electrons. The zero-order valence-electron chi connectivity index (χ0n) is 22.5. The van der Waals surface area contributed by atoms with Gasteiger partial charge in [-0.25, -0.2) is 0 Å². The summed E-state index contributed by atoms with van der Waals surface area (Å²) in [6, 6.07) is 9.43. The first-order chi connectivity index (χ1) is 17.8. The Labute approximate surface area is 219 Å². The summed E-state index contributed by atoms with van der Waals surface area (Å²) in [5.74, 6) is 0. The maximum atomic E-state index is 3.69. The Balaban J connectivity index is 1.16. The van der Waals surface area contributed by atoms with Crippen molar-refractivity contribution in [3.63, 3.8) is 0 Å². The molecule has 7 rings (SSSR count). The number of rotatable bonds is 4. The lowest BCUT2D eigenvalue weighted by Crippen LogP contribution is -2.51. The van der Waals surface area contributed by atoms with Crippen LogP contribution in [0.1, 0.15) is 11.1 Å². The van der Waals surface area contributed by atoms with Crippen molar-refractivity contribution in [2.75, 3.05) is 131 Å². The Kier molecular flexibility index (Phi) is 10.4. The summed E-state index contributed by atoms with van der Waals surface area (Å²) in [6.07, 6.45) is 0. The van der Waals surface area contributed by atoms with Gasteiger partial charge < -0.3 is 10.6 Å². The van der Waals surface area contributed by atoms with Gasteiger partial charge in [0.25, 0.3) is 0 Å². The number of fused-ring (bicyclic) bond motifs is 18. The first-order valence-corrected chi connectivity index (χ1v) is 14.6. The van der Waals surface area contributed by atoms with Gasteiger partial charge in [0.1, 0.15) is 0 Å². The van der Waals surface area contributed by atoms with Crippen molar-refractivity contribution in [2.45, 2.75) is 13.1 Å². The van der Waals surface area contributed by atoms with Gasteiger partial charge in [-0.2, -0.15) is 0 Å². The molecule has 0 atom stereocenters. The van der Waals surface area contributed by atoms with Gasteiger partial charge in [0, 0.05) is 144 Å². The molecule has 0 unspecified atom stereocenters. The van der Waals surface area contributed by atoms with Crippen molar-refractivity contribution in [3.05, 3.63) is 35.4 Å². The first-order valence-electron chi connectivity index (χ1n) is 14.6. The molecule has 6 aliphatic heterocycles. The third-order valence-electron chi connectivity index (χ3n) is 8.62. The predicted molar refractivity (Wildman–Crippen MR) is 148 cm³/mol. The van der Waals surface area contributed by atoms with Gasteiger partial charge in [-0.3, -0.25) is 29.4 Å². The number of nitrogens with one attached hydrogen (secondary N) is 2. The molecule has 0 saturated carbocycles. The van der Waals surface area contributed by atoms with Crippen LogP contribution in [-0.2, 0) is 13.1 Å². The molecule has 1 aromatic carbocycles. The zero-order valence-corrected chi connectivity index (χ0v) is 22.5. The maximum absolute atomic E-state index is 3.69. The number of hydrogen-bond acceptors (Lipinski definition) is 8. The standard InChI is InChI=1S/C28H50N8/c1-2-27(25-35-10-6-29-4-8-31-12-16-33(17-13-31)20-22-35)24-28(3-1)26-36-11-7-30-5-9-32-14-18-34(19-15-32)21-23-36/h1-3,24,29-30H,4-23,25-26H2. The average molecular weight is 499 g/mol. The van der Waals surface area contributed by atoms with Crippen molar-refractivity contribution >= 4 is 0 Å². The summed E-state index contributed by atoms with van der Waals surface area (Å²) in [5.41, 5.74) is 2.93. The molecule has 2 N–H and O–H groups in total. The minimum atomic E-state index is 1.06. The van der Waals surface area contributed by atoms with Gasteiger partial charge in [0.05, 0.1) is 0 Å². The highest BCUT2D eigenvalue weighted by Gasteiger charge is 2.20. The van der Waals surface area contributed by atoms with Crippen LogP contribution < -0.4 is 10.6 Å². The average Bonchev–Trinajstić information content (AvgIpc) is 2.89. The molecule has 8 heteroatoms. The van der Waals surface area contributed by atoms with Crippen LogP contribution in [0.25, 0.3) is 0 Å². The van der Waals surface area contributed by atoms with Gasteiger partial charge >= 0.3 is 0 Å². The van der Waals surface area contributed by atoms with Crippen LogP contribution >= 0.6 is 0 Å². The summed E-state index contributed by atoms with van der Waals surface area (Å²) in [4.78, 5) is 15.9. The lowest BCUT2D eigenvalue weighted by atomic mass is 10.1. The maximum Gasteiger partial charge on any atom is 0.0234 e. The fraction of sp³-hybridized carbons (Fsp3) is 0.786. The van der Waals surface area contributed by atoms with Gasteiger partial charge in [0.15, 0.2) is 0 Å². The van der Waals surface area contributed by atoms with E-state index in [2.05, 4.69) is 64.3 Å². The van der Waals surface area contributed by atoms with E-state index in [1.54, 1.807) is 0 Å². The van der Waals surface area contributed by atoms with E-state index in [9.17, 15) is 0 Å². The lowest BCUT2D eigenvalue weighted by molar-refractivity contribution is 0.112. The molecule has 0 amide bonds. The molecular weight excluding hydrogens is 448 g/mol. The fourth-order valence-electron chi connectivity index (χ4n) is 6.12. The van der Waals surface area contributed by atoms with Crippen LogP contribution in [-0.4, -0.2) is 160 Å². The summed E-state index contributed by atoms with van der Waals surface area (Å²) in [7, 11) is 0. The number of hydrogen-bond donors (Lipinski definition) is 2. The van der Waals surface area contributed by atoms with Crippen molar-refractivity contribution < 1.29 is 0 Å². The van der Waals surface area contributed by atoms with Crippen molar-refractivity contribution in [1.29, 1.82) is 0 Å². The summed E-state index contributed by atoms with van der Waals surface area (Å²) >= 11 is 0. The highest BCUT2D eigenvalue weighted by molar-refractivity contribution is 5.23. The van der Waals surface area contributed by atoms with E-state index < -0.39 is 0 Å². The summed E-state index contributed by atoms with van der Waals surface area (Å²) in [6.45, 7) is 25.7. The van der Waals surface area contributed by atoms with E-state index in [1.165, 1.54) is 89.7 Å². The van der Waals surface area contributed by atoms with E-state index in [4.69, 9.17) is 0 Å². The monoisotopic (exact) mass is 498 g/mol. The van der Waals surface area contributed by atoms with Crippen molar-refractivity contribution in [1.82, 2.24) is 40.0 Å². The third-order valence-corrected chi connectivity index (χ3v) is 8.62. The Bertz CT molecular complexity index is 695. The fourth-order valence-corrected chi connectivity index (χ4v) is 6.12. The molecule has 202 valence electrons. The van der Waals surface area contributed by atoms with Crippen LogP contribution in [0.5, 0.6) is 0 Å². The van der Waals surface area contributed by atoms with E-state index >= 15 is 0 Å². The highest BCUT2D eigenvalue weighted by atomic mass is 15.3. The molecule has 0 aromatic heterocycles. The highest BCUT2D eigenvalue weighted by Crippen LogP contribution is 2.13. The summed E-state index contributed by atoms with van der Waals surface area (Å²) < 4.78 is 0. The van der Waals surface area contributed by atoms with Gasteiger partial charge in [0.2, 0.25) is 0 Å². The molecule has 6 fully saturated rings. The normalized spacial score (nSPS) is 32.2. The molecule has 6 saturated heterocycles. The Morgan fingerprint density at radius 3 is 1.25 bits per heavy atom. The number of benzene rings is 1. The van der Waals surface area contributed by atoms with Crippen LogP contribution in [0.3, 0.4) is 0 Å². The predicted octanol–water partition coefficient (Wildman–Crippen LogP) is -0.268. The molecule has 36 heavy (non-hydrogen) atoms. The van der Waals surface area contributed by atoms with Gasteiger partial charge in [-0.05, 0) is 11.1 Å². The third kappa shape index (κ3) is 8.46. The summed E-state index contributed by atoms with van der Waals surface area (Å²) in [5, 5.41) is 7.38. The van der Waals surface area contributed by atoms with E-state index in [0.717, 1.165) is 65.4 Å². The van der Waals surface area contributed by atoms with Crippen LogP contribution in [0.4, 0.5) is 0 Å². The molecule has 8 nitrogen and oxygen atoms in total. The Morgan fingerprint density at radius 1 is 0.444 bits per heavy atom. The quantitative estimate of drug-likeness (QED) is 0.589. The van der Waals surface area contributed by atoms with Gasteiger partial charge in [-0.15, -0.1) is 0 Å². The smallest absolute Gasteiger partial charge is 0.0234 e. The van der Waals surface area contributed by atoms with Gasteiger partial charge in [-0.1, -0.05) is 24.3 Å². The minimum Gasteiger partial charge on any atom is -0.314 e. The lowest BCUT2D eigenvalue weighted by Gasteiger charge is -2.37. The SMILES string of the molecule is c1cc(CN2CCNCCN3CCN(CC3)CC2)cc(CN2CCNCCN3CCN(CC3)CC2)c1. The van der Waals surface area contributed by atoms with Crippen molar-refractivity contribution in [3.8, 4) is 0 Å². The van der Waals surface area contributed by atoms with Crippen LogP contribution in [0.2, 0.25) is 0 Å². The Hall–Kier alpha value is -1.10. The minimum absolute atomic E-state index is 1.06. The van der Waals surface area contributed by atoms with Crippen molar-refractivity contribution in [2.24, 2.45) is 0 Å². The topological polar surface area (TPSA) is 43.5 Å². The van der Waals surface area contributed by atoms with Crippen LogP contribution in [0.15, 0.2) is 24.3 Å². The second kappa shape index (κ2) is 14.2. The largest absolute Gasteiger partial charge is 0.314 e. The number of piperazine rings is 2. The second-order valence-corrected chi connectivity index (χ2v) is 11.2. The first kappa shape index (κ1) is 26.5. The molecule has 6 aliphatic rings. The van der Waals surface area contributed by atoms with E-state index in [0.29, 0.717) is 0 Å². The zero-order chi connectivity index (χ0) is 24.4. The molecule has 1 aromatic rings. The molecule has 6 heterocycles. The Morgan fingerprint density at radius 2 is 0.806 bits per heavy atom. The molecular formula is C28H50N8. The molecule has 0 spiro atoms. The molecule has 4 bridgehead atoms. The van der Waals surface area contributed by atoms with E-state index in [1.807, 2.05) is 0 Å². The van der Waals surface area contributed by atoms with Crippen LogP contribution in [0, 0.1) is 0 Å².